The zero-order chi connectivity index (χ0) is 51.3. The van der Waals surface area contributed by atoms with Gasteiger partial charge >= 0.3 is 0 Å². The molecule has 0 atom stereocenters. The Morgan fingerprint density at radius 3 is 1.18 bits per heavy atom. The lowest BCUT2D eigenvalue weighted by Gasteiger charge is -2.44. The summed E-state index contributed by atoms with van der Waals surface area (Å²) in [6.07, 6.45) is 8.07. The molecule has 0 amide bonds. The molecule has 6 aromatic rings. The molecule has 0 radical (unpaired) electrons. The third kappa shape index (κ3) is 8.21. The molecule has 0 unspecified atom stereocenters. The Kier molecular flexibility index (Phi) is 11.3. The molecule has 6 aromatic carbocycles. The van der Waals surface area contributed by atoms with E-state index >= 15 is 0 Å². The molecule has 2 heteroatoms. The average molecular weight is 943 g/mol. The van der Waals surface area contributed by atoms with Gasteiger partial charge in [0.05, 0.1) is 11.4 Å². The van der Waals surface area contributed by atoms with Crippen molar-refractivity contribution in [1.82, 2.24) is 0 Å². The van der Waals surface area contributed by atoms with E-state index in [1.54, 1.807) is 0 Å². The van der Waals surface area contributed by atoms with E-state index in [2.05, 4.69) is 232 Å². The topological polar surface area (TPSA) is 6.48 Å². The second-order valence-electron chi connectivity index (χ2n) is 28.1. The van der Waals surface area contributed by atoms with Crippen molar-refractivity contribution in [3.8, 4) is 11.1 Å². The molecule has 2 nitrogen and oxygen atoms in total. The number of aryl methyl sites for hydroxylation is 3. The van der Waals surface area contributed by atoms with Gasteiger partial charge in [-0.3, -0.25) is 0 Å². The molecule has 0 heterocycles. The molecule has 0 fully saturated rings. The summed E-state index contributed by atoms with van der Waals surface area (Å²) in [4.78, 5) is 5.33. The highest BCUT2D eigenvalue weighted by Crippen LogP contribution is 2.55. The smallest absolute Gasteiger partial charge is 0.0514 e. The second-order valence-corrected chi connectivity index (χ2v) is 28.1. The highest BCUT2D eigenvalue weighted by Gasteiger charge is 2.42. The van der Waals surface area contributed by atoms with Crippen LogP contribution in [0.1, 0.15) is 215 Å². The van der Waals surface area contributed by atoms with Crippen LogP contribution in [-0.2, 0) is 44.3 Å². The Labute approximate surface area is 430 Å². The fraction of sp³-hybridized carbons (Fsp3) is 0.478. The summed E-state index contributed by atoms with van der Waals surface area (Å²) in [7, 11) is 0. The first-order valence-corrected chi connectivity index (χ1v) is 27.3. The minimum absolute atomic E-state index is 0.0635. The van der Waals surface area contributed by atoms with Crippen LogP contribution < -0.4 is 9.80 Å². The molecule has 372 valence electrons. The van der Waals surface area contributed by atoms with Gasteiger partial charge in [0.25, 0.3) is 0 Å². The summed E-state index contributed by atoms with van der Waals surface area (Å²) in [6.45, 7) is 46.0. The molecule has 0 saturated heterocycles. The Morgan fingerprint density at radius 1 is 0.366 bits per heavy atom. The monoisotopic (exact) mass is 943 g/mol. The first kappa shape index (κ1) is 49.5. The molecule has 0 N–H and O–H groups in total. The van der Waals surface area contributed by atoms with Crippen LogP contribution in [0.2, 0.25) is 0 Å². The number of fused-ring (bicyclic) bond motifs is 6. The molecule has 4 aliphatic carbocycles. The molecule has 71 heavy (non-hydrogen) atoms. The van der Waals surface area contributed by atoms with Gasteiger partial charge in [0.2, 0.25) is 0 Å². The van der Waals surface area contributed by atoms with Crippen LogP contribution in [0.3, 0.4) is 0 Å². The maximum absolute atomic E-state index is 2.67. The first-order chi connectivity index (χ1) is 32.9. The predicted octanol–water partition coefficient (Wildman–Crippen LogP) is 19.8. The van der Waals surface area contributed by atoms with Gasteiger partial charge in [-0.1, -0.05) is 146 Å². The fourth-order valence-corrected chi connectivity index (χ4v) is 13.5. The molecule has 0 bridgehead atoms. The third-order valence-corrected chi connectivity index (χ3v) is 18.9. The summed E-state index contributed by atoms with van der Waals surface area (Å²) < 4.78 is 0. The van der Waals surface area contributed by atoms with Crippen molar-refractivity contribution in [3.05, 3.63) is 163 Å². The lowest BCUT2D eigenvalue weighted by Crippen LogP contribution is -2.34. The van der Waals surface area contributed by atoms with E-state index in [0.29, 0.717) is 0 Å². The molecule has 0 spiro atoms. The number of hydrogen-bond donors (Lipinski definition) is 0. The Hall–Kier alpha value is -5.08. The van der Waals surface area contributed by atoms with E-state index in [0.717, 1.165) is 6.42 Å². The van der Waals surface area contributed by atoms with E-state index in [9.17, 15) is 0 Å². The maximum Gasteiger partial charge on any atom is 0.0514 e. The normalized spacial score (nSPS) is 19.5. The predicted molar refractivity (Wildman–Crippen MR) is 308 cm³/mol. The Bertz CT molecular complexity index is 3150. The van der Waals surface area contributed by atoms with Crippen molar-refractivity contribution in [1.29, 1.82) is 0 Å². The Morgan fingerprint density at radius 2 is 0.732 bits per heavy atom. The molecule has 4 aliphatic rings. The summed E-state index contributed by atoms with van der Waals surface area (Å²) in [5.41, 5.74) is 29.4. The molecule has 0 aromatic heterocycles. The van der Waals surface area contributed by atoms with Gasteiger partial charge in [0, 0.05) is 22.7 Å². The molecular weight excluding hydrogens is 857 g/mol. The highest BCUT2D eigenvalue weighted by atomic mass is 15.2. The first-order valence-electron chi connectivity index (χ1n) is 27.3. The quantitative estimate of drug-likeness (QED) is 0.164. The van der Waals surface area contributed by atoms with Crippen LogP contribution in [0.25, 0.3) is 11.1 Å². The molecule has 0 saturated carbocycles. The van der Waals surface area contributed by atoms with Crippen molar-refractivity contribution >= 4 is 34.1 Å². The van der Waals surface area contributed by atoms with Crippen LogP contribution in [0.5, 0.6) is 0 Å². The lowest BCUT2D eigenvalue weighted by molar-refractivity contribution is 0.331. The summed E-state index contributed by atoms with van der Waals surface area (Å²) >= 11 is 0. The number of anilines is 6. The van der Waals surface area contributed by atoms with Crippen molar-refractivity contribution in [2.75, 3.05) is 9.80 Å². The summed E-state index contributed by atoms with van der Waals surface area (Å²) in [5.74, 6) is 0. The van der Waals surface area contributed by atoms with Crippen LogP contribution in [-0.4, -0.2) is 0 Å². The summed E-state index contributed by atoms with van der Waals surface area (Å²) in [5, 5.41) is 0. The van der Waals surface area contributed by atoms with E-state index in [1.807, 2.05) is 0 Å². The SMILES string of the molecule is Cc1cc(N(c2ccc3c(c2)Cc2cc(C(C)(C)C)ccc2-3)c2cc3c(cc2C)C(C)(C)CCC3(C)C)c(C)c(N(c2ccc3c(c2)C(C)(C)CCC3(C)C)c2cc3c(cc2C)C(C)(C)CCC3(C)C)c1. The van der Waals surface area contributed by atoms with Crippen molar-refractivity contribution in [2.24, 2.45) is 0 Å². The highest BCUT2D eigenvalue weighted by molar-refractivity contribution is 5.90. The fourth-order valence-electron chi connectivity index (χ4n) is 13.5. The van der Waals surface area contributed by atoms with Crippen molar-refractivity contribution in [2.45, 2.75) is 214 Å². The third-order valence-electron chi connectivity index (χ3n) is 18.9. The Balaban J connectivity index is 1.24. The van der Waals surface area contributed by atoms with Gasteiger partial charge in [0.15, 0.2) is 0 Å². The van der Waals surface area contributed by atoms with Gasteiger partial charge in [-0.2, -0.15) is 0 Å². The van der Waals surface area contributed by atoms with Crippen molar-refractivity contribution < 1.29 is 0 Å². The van der Waals surface area contributed by atoms with E-state index in [1.165, 1.54) is 156 Å². The van der Waals surface area contributed by atoms with Gasteiger partial charge in [-0.25, -0.2) is 0 Å². The summed E-state index contributed by atoms with van der Waals surface area (Å²) in [6, 6.07) is 37.4. The number of hydrogen-bond acceptors (Lipinski definition) is 2. The van der Waals surface area contributed by atoms with E-state index in [-0.39, 0.29) is 37.9 Å². The van der Waals surface area contributed by atoms with Crippen LogP contribution >= 0.6 is 0 Å². The van der Waals surface area contributed by atoms with E-state index < -0.39 is 0 Å². The minimum atomic E-state index is 0.0635. The standard InChI is InChI=1S/C69H86N2/c1-42-32-61(70(59-40-57-54(34-43(59)2)65(10,11)28-30-68(57,16)17)49-21-24-52-47(38-49)36-46-37-48(63(5,6)7)20-23-51(46)52)45(4)62(33-42)71(50-22-25-53-56(39-50)67(14,15)27-26-64(53,8)9)60-41-58-55(35-44(60)3)66(12,13)29-31-69(58,18)19/h20-25,32-35,37-41H,26-31,36H2,1-19H3. The zero-order valence-corrected chi connectivity index (χ0v) is 47.5. The molecule has 0 aliphatic heterocycles. The van der Waals surface area contributed by atoms with Crippen LogP contribution in [0.15, 0.2) is 91.0 Å². The lowest BCUT2D eigenvalue weighted by atomic mass is 9.62. The van der Waals surface area contributed by atoms with Crippen LogP contribution in [0, 0.1) is 27.7 Å². The molecular formula is C69H86N2. The zero-order valence-electron chi connectivity index (χ0n) is 47.5. The molecule has 10 rings (SSSR count). The van der Waals surface area contributed by atoms with Gasteiger partial charge < -0.3 is 9.80 Å². The number of nitrogens with zero attached hydrogens (tertiary/aromatic N) is 2. The van der Waals surface area contributed by atoms with Crippen molar-refractivity contribution in [3.63, 3.8) is 0 Å². The van der Waals surface area contributed by atoms with E-state index in [4.69, 9.17) is 0 Å². The number of benzene rings is 6. The largest absolute Gasteiger partial charge is 0.310 e. The maximum atomic E-state index is 2.67. The van der Waals surface area contributed by atoms with Gasteiger partial charge in [0.1, 0.15) is 0 Å². The minimum Gasteiger partial charge on any atom is -0.310 e. The van der Waals surface area contributed by atoms with Gasteiger partial charge in [-0.05, 0) is 243 Å². The van der Waals surface area contributed by atoms with Gasteiger partial charge in [-0.15, -0.1) is 0 Å². The van der Waals surface area contributed by atoms with Crippen LogP contribution in [0.4, 0.5) is 34.1 Å². The number of rotatable bonds is 6. The second kappa shape index (κ2) is 16.2. The average Bonchev–Trinajstić information content (AvgIpc) is 3.65.